The van der Waals surface area contributed by atoms with Crippen molar-refractivity contribution in [2.45, 2.75) is 26.7 Å². The van der Waals surface area contributed by atoms with Gasteiger partial charge in [0, 0.05) is 31.1 Å². The van der Waals surface area contributed by atoms with Crippen LogP contribution in [0.1, 0.15) is 35.3 Å². The van der Waals surface area contributed by atoms with E-state index in [9.17, 15) is 9.59 Å². The van der Waals surface area contributed by atoms with Crippen LogP contribution in [0.25, 0.3) is 11.6 Å². The molecule has 0 aliphatic heterocycles. The van der Waals surface area contributed by atoms with Crippen molar-refractivity contribution in [2.24, 2.45) is 7.05 Å². The van der Waals surface area contributed by atoms with Crippen LogP contribution >= 0.6 is 0 Å². The summed E-state index contributed by atoms with van der Waals surface area (Å²) in [6, 6.07) is 8.61. The fraction of sp³-hybridized carbons (Fsp3) is 0.278. The molecule has 1 amide bonds. The van der Waals surface area contributed by atoms with E-state index in [2.05, 4.69) is 20.6 Å². The number of aryl methyl sites for hydroxylation is 3. The molecule has 0 atom stereocenters. The predicted octanol–water partition coefficient (Wildman–Crippen LogP) is 2.55. The van der Waals surface area contributed by atoms with Crippen LogP contribution in [0.3, 0.4) is 0 Å². The second kappa shape index (κ2) is 7.30. The zero-order valence-electron chi connectivity index (χ0n) is 14.8. The van der Waals surface area contributed by atoms with Crippen molar-refractivity contribution >= 4 is 17.4 Å². The van der Waals surface area contributed by atoms with Crippen molar-refractivity contribution in [3.63, 3.8) is 0 Å². The molecule has 8 heteroatoms. The lowest BCUT2D eigenvalue weighted by Crippen LogP contribution is -2.12. The minimum Gasteiger partial charge on any atom is -0.419 e. The molecule has 3 rings (SSSR count). The van der Waals surface area contributed by atoms with Gasteiger partial charge >= 0.3 is 0 Å². The molecule has 2 heterocycles. The van der Waals surface area contributed by atoms with Gasteiger partial charge in [0.05, 0.1) is 5.69 Å². The number of rotatable bonds is 6. The molecule has 26 heavy (non-hydrogen) atoms. The Labute approximate surface area is 150 Å². The molecule has 0 spiro atoms. The molecule has 1 N–H and O–H groups in total. The lowest BCUT2D eigenvalue weighted by Gasteiger charge is -2.04. The fourth-order valence-corrected chi connectivity index (χ4v) is 2.50. The average Bonchev–Trinajstić information content (AvgIpc) is 3.19. The van der Waals surface area contributed by atoms with Gasteiger partial charge in [0.1, 0.15) is 5.69 Å². The van der Waals surface area contributed by atoms with E-state index in [4.69, 9.17) is 4.42 Å². The normalized spacial score (nSPS) is 10.7. The monoisotopic (exact) mass is 353 g/mol. The van der Waals surface area contributed by atoms with Crippen LogP contribution in [0.4, 0.5) is 5.69 Å². The third-order valence-electron chi connectivity index (χ3n) is 3.83. The highest BCUT2D eigenvalue weighted by molar-refractivity contribution is 5.95. The van der Waals surface area contributed by atoms with E-state index >= 15 is 0 Å². The Kier molecular flexibility index (Phi) is 4.92. The molecule has 2 aromatic heterocycles. The molecule has 3 aromatic rings. The van der Waals surface area contributed by atoms with Crippen LogP contribution in [-0.4, -0.2) is 31.7 Å². The molecule has 0 aliphatic rings. The summed E-state index contributed by atoms with van der Waals surface area (Å²) in [5.41, 5.74) is 2.83. The summed E-state index contributed by atoms with van der Waals surface area (Å²) in [6.07, 6.45) is 0.543. The van der Waals surface area contributed by atoms with E-state index in [1.54, 1.807) is 36.0 Å². The number of nitrogens with one attached hydrogen (secondary N) is 1. The third kappa shape index (κ3) is 4.02. The number of amides is 1. The lowest BCUT2D eigenvalue weighted by molar-refractivity contribution is -0.116. The first-order valence-electron chi connectivity index (χ1n) is 8.16. The van der Waals surface area contributed by atoms with Crippen molar-refractivity contribution in [2.75, 3.05) is 5.32 Å². The van der Waals surface area contributed by atoms with Crippen LogP contribution in [0.5, 0.6) is 0 Å². The summed E-state index contributed by atoms with van der Waals surface area (Å²) in [5, 5.41) is 15.0. The Morgan fingerprint density at radius 2 is 1.92 bits per heavy atom. The van der Waals surface area contributed by atoms with E-state index in [-0.39, 0.29) is 18.1 Å². The second-order valence-corrected chi connectivity index (χ2v) is 5.98. The number of ketones is 1. The van der Waals surface area contributed by atoms with Crippen molar-refractivity contribution in [3.05, 3.63) is 47.5 Å². The van der Waals surface area contributed by atoms with Crippen molar-refractivity contribution in [1.82, 2.24) is 20.0 Å². The van der Waals surface area contributed by atoms with Crippen molar-refractivity contribution in [3.8, 4) is 11.6 Å². The molecule has 0 bridgehead atoms. The van der Waals surface area contributed by atoms with Crippen LogP contribution in [0.2, 0.25) is 0 Å². The van der Waals surface area contributed by atoms with Gasteiger partial charge in [-0.05, 0) is 44.2 Å². The van der Waals surface area contributed by atoms with Crippen LogP contribution in [0.15, 0.2) is 34.7 Å². The molecular weight excluding hydrogens is 334 g/mol. The second-order valence-electron chi connectivity index (χ2n) is 5.98. The smallest absolute Gasteiger partial charge is 0.265 e. The first-order chi connectivity index (χ1) is 12.4. The standard InChI is InChI=1S/C18H19N5O3/c1-11-10-15(23(3)22-11)18-21-20-17(26-18)9-8-16(25)19-14-6-4-13(5-7-14)12(2)24/h4-7,10H,8-9H2,1-3H3,(H,19,25). The van der Waals surface area contributed by atoms with Crippen molar-refractivity contribution in [1.29, 1.82) is 0 Å². The Morgan fingerprint density at radius 1 is 1.19 bits per heavy atom. The molecular formula is C18H19N5O3. The van der Waals surface area contributed by atoms with Crippen LogP contribution < -0.4 is 5.32 Å². The Morgan fingerprint density at radius 3 is 2.54 bits per heavy atom. The first kappa shape index (κ1) is 17.5. The summed E-state index contributed by atoms with van der Waals surface area (Å²) in [5.74, 6) is 0.583. The van der Waals surface area contributed by atoms with Gasteiger partial charge < -0.3 is 9.73 Å². The van der Waals surface area contributed by atoms with Gasteiger partial charge in [-0.2, -0.15) is 5.10 Å². The van der Waals surface area contributed by atoms with Gasteiger partial charge in [-0.15, -0.1) is 10.2 Å². The maximum absolute atomic E-state index is 12.1. The minimum atomic E-state index is -0.170. The van der Waals surface area contributed by atoms with Crippen LogP contribution in [-0.2, 0) is 18.3 Å². The van der Waals surface area contributed by atoms with Gasteiger partial charge in [-0.3, -0.25) is 14.3 Å². The lowest BCUT2D eigenvalue weighted by atomic mass is 10.1. The summed E-state index contributed by atoms with van der Waals surface area (Å²) < 4.78 is 7.28. The highest BCUT2D eigenvalue weighted by Crippen LogP contribution is 2.19. The SMILES string of the molecule is CC(=O)c1ccc(NC(=O)CCc2nnc(-c3cc(C)nn3C)o2)cc1. The quantitative estimate of drug-likeness (QED) is 0.683. The molecule has 0 saturated heterocycles. The van der Waals surface area contributed by atoms with E-state index in [0.29, 0.717) is 29.5 Å². The summed E-state index contributed by atoms with van der Waals surface area (Å²) in [7, 11) is 1.80. The summed E-state index contributed by atoms with van der Waals surface area (Å²) in [6.45, 7) is 3.38. The zero-order chi connectivity index (χ0) is 18.7. The number of nitrogens with zero attached hydrogens (tertiary/aromatic N) is 4. The van der Waals surface area contributed by atoms with Crippen LogP contribution in [0, 0.1) is 6.92 Å². The maximum Gasteiger partial charge on any atom is 0.265 e. The minimum absolute atomic E-state index is 0.0151. The van der Waals surface area contributed by atoms with Crippen molar-refractivity contribution < 1.29 is 14.0 Å². The highest BCUT2D eigenvalue weighted by Gasteiger charge is 2.14. The van der Waals surface area contributed by atoms with Gasteiger partial charge in [0.25, 0.3) is 5.89 Å². The number of hydrogen-bond acceptors (Lipinski definition) is 6. The average molecular weight is 353 g/mol. The number of carbonyl (C=O) groups excluding carboxylic acids is 2. The summed E-state index contributed by atoms with van der Waals surface area (Å²) in [4.78, 5) is 23.3. The molecule has 0 saturated carbocycles. The van der Waals surface area contributed by atoms with E-state index in [1.165, 1.54) is 6.92 Å². The number of carbonyl (C=O) groups is 2. The number of benzene rings is 1. The van der Waals surface area contributed by atoms with E-state index < -0.39 is 0 Å². The molecule has 0 aliphatic carbocycles. The van der Waals surface area contributed by atoms with Gasteiger partial charge in [-0.25, -0.2) is 0 Å². The molecule has 0 radical (unpaired) electrons. The van der Waals surface area contributed by atoms with Gasteiger partial charge in [0.2, 0.25) is 11.8 Å². The third-order valence-corrected chi connectivity index (χ3v) is 3.83. The summed E-state index contributed by atoms with van der Waals surface area (Å²) >= 11 is 0. The molecule has 0 fully saturated rings. The number of anilines is 1. The first-order valence-corrected chi connectivity index (χ1v) is 8.16. The Bertz CT molecular complexity index is 940. The molecule has 0 unspecified atom stereocenters. The highest BCUT2D eigenvalue weighted by atomic mass is 16.4. The molecule has 1 aromatic carbocycles. The number of hydrogen-bond donors (Lipinski definition) is 1. The number of Topliss-reactive ketones (excluding diaryl/α,β-unsaturated/α-hetero) is 1. The van der Waals surface area contributed by atoms with E-state index in [1.807, 2.05) is 13.0 Å². The molecule has 8 nitrogen and oxygen atoms in total. The Balaban J connectivity index is 1.56. The predicted molar refractivity (Wildman–Crippen MR) is 94.6 cm³/mol. The van der Waals surface area contributed by atoms with Gasteiger partial charge in [-0.1, -0.05) is 0 Å². The number of aromatic nitrogens is 4. The molecule has 134 valence electrons. The van der Waals surface area contributed by atoms with Gasteiger partial charge in [0.15, 0.2) is 5.78 Å². The fourth-order valence-electron chi connectivity index (χ4n) is 2.50. The largest absolute Gasteiger partial charge is 0.419 e. The topological polar surface area (TPSA) is 103 Å². The zero-order valence-corrected chi connectivity index (χ0v) is 14.8. The maximum atomic E-state index is 12.1. The Hall–Kier alpha value is -3.29. The van der Waals surface area contributed by atoms with E-state index in [0.717, 1.165) is 11.4 Å².